The fourth-order valence-electron chi connectivity index (χ4n) is 2.26. The second-order valence-corrected chi connectivity index (χ2v) is 5.75. The van der Waals surface area contributed by atoms with Crippen LogP contribution in [0.1, 0.15) is 38.3 Å². The van der Waals surface area contributed by atoms with E-state index in [1.807, 2.05) is 6.92 Å². The Morgan fingerprint density at radius 2 is 1.76 bits per heavy atom. The van der Waals surface area contributed by atoms with Gasteiger partial charge in [0.2, 0.25) is 0 Å². The Morgan fingerprint density at radius 1 is 1.14 bits per heavy atom. The van der Waals surface area contributed by atoms with Crippen LogP contribution in [0.15, 0.2) is 24.3 Å². The summed E-state index contributed by atoms with van der Waals surface area (Å²) in [7, 11) is 0. The summed E-state index contributed by atoms with van der Waals surface area (Å²) in [4.78, 5) is 11.6. The number of carbonyl (C=O) groups is 1. The fourth-order valence-corrected chi connectivity index (χ4v) is 2.26. The molecular weight excluding hydrogens is 264 g/mol. The zero-order valence-corrected chi connectivity index (χ0v) is 13.4. The molecule has 0 bridgehead atoms. The Labute approximate surface area is 128 Å². The Bertz CT molecular complexity index is 415. The van der Waals surface area contributed by atoms with Gasteiger partial charge in [0.1, 0.15) is 0 Å². The van der Waals surface area contributed by atoms with Crippen LogP contribution >= 0.6 is 0 Å². The van der Waals surface area contributed by atoms with E-state index in [-0.39, 0.29) is 18.1 Å². The fraction of sp³-hybridized carbons (Fsp3) is 0.588. The van der Waals surface area contributed by atoms with E-state index in [0.717, 1.165) is 12.8 Å². The monoisotopic (exact) mass is 292 g/mol. The summed E-state index contributed by atoms with van der Waals surface area (Å²) < 4.78 is 0. The number of aliphatic hydroxyl groups is 1. The number of urea groups is 1. The first kappa shape index (κ1) is 17.5. The van der Waals surface area contributed by atoms with Gasteiger partial charge in [0.25, 0.3) is 0 Å². The number of aryl methyl sites for hydroxylation is 1. The molecule has 1 rings (SSSR count). The van der Waals surface area contributed by atoms with E-state index in [2.05, 4.69) is 41.8 Å². The second-order valence-electron chi connectivity index (χ2n) is 5.75. The molecule has 0 aliphatic carbocycles. The minimum absolute atomic E-state index is 0.141. The number of rotatable bonds is 8. The Kier molecular flexibility index (Phi) is 7.83. The van der Waals surface area contributed by atoms with Crippen LogP contribution in [0.2, 0.25) is 0 Å². The zero-order valence-electron chi connectivity index (χ0n) is 13.4. The highest BCUT2D eigenvalue weighted by molar-refractivity contribution is 5.73. The van der Waals surface area contributed by atoms with Crippen molar-refractivity contribution in [3.63, 3.8) is 0 Å². The Balaban J connectivity index is 2.18. The van der Waals surface area contributed by atoms with E-state index in [4.69, 9.17) is 0 Å². The largest absolute Gasteiger partial charge is 0.393 e. The van der Waals surface area contributed by atoms with E-state index in [1.165, 1.54) is 11.1 Å². The highest BCUT2D eigenvalue weighted by atomic mass is 16.3. The lowest BCUT2D eigenvalue weighted by molar-refractivity contribution is 0.163. The molecule has 0 fully saturated rings. The molecule has 2 amide bonds. The number of carbonyl (C=O) groups excluding carboxylic acids is 1. The van der Waals surface area contributed by atoms with Crippen molar-refractivity contribution in [3.8, 4) is 0 Å². The number of hydrogen-bond acceptors (Lipinski definition) is 2. The smallest absolute Gasteiger partial charge is 0.314 e. The molecule has 2 atom stereocenters. The van der Waals surface area contributed by atoms with Gasteiger partial charge in [0.15, 0.2) is 0 Å². The summed E-state index contributed by atoms with van der Waals surface area (Å²) in [5.74, 6) is 0.275. The molecule has 0 saturated carbocycles. The van der Waals surface area contributed by atoms with Gasteiger partial charge >= 0.3 is 6.03 Å². The molecule has 21 heavy (non-hydrogen) atoms. The maximum Gasteiger partial charge on any atom is 0.314 e. The number of benzene rings is 1. The van der Waals surface area contributed by atoms with Crippen molar-refractivity contribution in [3.05, 3.63) is 35.4 Å². The molecule has 4 nitrogen and oxygen atoms in total. The molecular formula is C17H28N2O2. The van der Waals surface area contributed by atoms with Gasteiger partial charge in [-0.15, -0.1) is 0 Å². The quantitative estimate of drug-likeness (QED) is 0.689. The SMILES string of the molecule is CCc1ccc(CCNC(=O)NCC(C)CC(C)O)cc1. The van der Waals surface area contributed by atoms with Crippen LogP contribution in [0.25, 0.3) is 0 Å². The maximum atomic E-state index is 11.6. The van der Waals surface area contributed by atoms with Gasteiger partial charge < -0.3 is 15.7 Å². The molecule has 0 radical (unpaired) electrons. The zero-order chi connectivity index (χ0) is 15.7. The third-order valence-electron chi connectivity index (χ3n) is 3.49. The molecule has 118 valence electrons. The third-order valence-corrected chi connectivity index (χ3v) is 3.49. The molecule has 0 heterocycles. The van der Waals surface area contributed by atoms with Gasteiger partial charge in [0.05, 0.1) is 6.10 Å². The van der Waals surface area contributed by atoms with Gasteiger partial charge in [-0.25, -0.2) is 4.79 Å². The molecule has 0 saturated heterocycles. The molecule has 0 spiro atoms. The van der Waals surface area contributed by atoms with E-state index < -0.39 is 0 Å². The summed E-state index contributed by atoms with van der Waals surface area (Å²) in [6.07, 6.45) is 2.26. The summed E-state index contributed by atoms with van der Waals surface area (Å²) in [5.41, 5.74) is 2.56. The maximum absolute atomic E-state index is 11.6. The summed E-state index contributed by atoms with van der Waals surface area (Å²) in [5, 5.41) is 15.0. The molecule has 0 aromatic heterocycles. The molecule has 0 aliphatic rings. The van der Waals surface area contributed by atoms with Gasteiger partial charge in [-0.3, -0.25) is 0 Å². The average molecular weight is 292 g/mol. The Morgan fingerprint density at radius 3 is 2.33 bits per heavy atom. The highest BCUT2D eigenvalue weighted by Gasteiger charge is 2.07. The molecule has 3 N–H and O–H groups in total. The third kappa shape index (κ3) is 7.71. The topological polar surface area (TPSA) is 61.4 Å². The number of aliphatic hydroxyl groups excluding tert-OH is 1. The van der Waals surface area contributed by atoms with Crippen LogP contribution in [0, 0.1) is 5.92 Å². The normalized spacial score (nSPS) is 13.5. The first-order valence-electron chi connectivity index (χ1n) is 7.78. The van der Waals surface area contributed by atoms with Crippen molar-refractivity contribution in [1.82, 2.24) is 10.6 Å². The van der Waals surface area contributed by atoms with Crippen LogP contribution in [-0.2, 0) is 12.8 Å². The minimum Gasteiger partial charge on any atom is -0.393 e. The summed E-state index contributed by atoms with van der Waals surface area (Å²) in [6, 6.07) is 8.35. The van der Waals surface area contributed by atoms with Crippen LogP contribution in [-0.4, -0.2) is 30.3 Å². The van der Waals surface area contributed by atoms with Gasteiger partial charge in [-0.05, 0) is 43.2 Å². The van der Waals surface area contributed by atoms with Crippen LogP contribution < -0.4 is 10.6 Å². The lowest BCUT2D eigenvalue weighted by atomic mass is 10.1. The van der Waals surface area contributed by atoms with Gasteiger partial charge in [0, 0.05) is 13.1 Å². The Hall–Kier alpha value is -1.55. The lowest BCUT2D eigenvalue weighted by Crippen LogP contribution is -2.39. The van der Waals surface area contributed by atoms with Crippen LogP contribution in [0.5, 0.6) is 0 Å². The molecule has 4 heteroatoms. The first-order chi connectivity index (χ1) is 10.0. The highest BCUT2D eigenvalue weighted by Crippen LogP contribution is 2.05. The van der Waals surface area contributed by atoms with Gasteiger partial charge in [-0.1, -0.05) is 38.1 Å². The lowest BCUT2D eigenvalue weighted by Gasteiger charge is -2.14. The number of amides is 2. The molecule has 0 aliphatic heterocycles. The standard InChI is InChI=1S/C17H28N2O2/c1-4-15-5-7-16(8-6-15)9-10-18-17(21)19-12-13(2)11-14(3)20/h5-8,13-14,20H,4,9-12H2,1-3H3,(H2,18,19,21). The van der Waals surface area contributed by atoms with E-state index in [1.54, 1.807) is 6.92 Å². The van der Waals surface area contributed by atoms with E-state index >= 15 is 0 Å². The predicted octanol–water partition coefficient (Wildman–Crippen LogP) is 2.50. The van der Waals surface area contributed by atoms with E-state index in [0.29, 0.717) is 19.5 Å². The van der Waals surface area contributed by atoms with Crippen molar-refractivity contribution in [1.29, 1.82) is 0 Å². The average Bonchev–Trinajstić information content (AvgIpc) is 2.45. The van der Waals surface area contributed by atoms with Crippen molar-refractivity contribution in [2.75, 3.05) is 13.1 Å². The van der Waals surface area contributed by atoms with Crippen molar-refractivity contribution in [2.24, 2.45) is 5.92 Å². The van der Waals surface area contributed by atoms with Gasteiger partial charge in [-0.2, -0.15) is 0 Å². The summed E-state index contributed by atoms with van der Waals surface area (Å²) >= 11 is 0. The van der Waals surface area contributed by atoms with Crippen molar-refractivity contribution < 1.29 is 9.90 Å². The van der Waals surface area contributed by atoms with Crippen molar-refractivity contribution in [2.45, 2.75) is 46.1 Å². The second kappa shape index (κ2) is 9.40. The summed E-state index contributed by atoms with van der Waals surface area (Å²) in [6.45, 7) is 7.13. The predicted molar refractivity (Wildman–Crippen MR) is 86.4 cm³/mol. The minimum atomic E-state index is -0.323. The van der Waals surface area contributed by atoms with Crippen molar-refractivity contribution >= 4 is 6.03 Å². The molecule has 1 aromatic carbocycles. The van der Waals surface area contributed by atoms with Crippen LogP contribution in [0.3, 0.4) is 0 Å². The first-order valence-corrected chi connectivity index (χ1v) is 7.78. The molecule has 1 aromatic rings. The number of hydrogen-bond donors (Lipinski definition) is 3. The molecule has 2 unspecified atom stereocenters. The number of nitrogens with one attached hydrogen (secondary N) is 2. The van der Waals surface area contributed by atoms with E-state index in [9.17, 15) is 9.90 Å². The van der Waals surface area contributed by atoms with Crippen LogP contribution in [0.4, 0.5) is 4.79 Å².